The van der Waals surface area contributed by atoms with Crippen LogP contribution in [0.5, 0.6) is 0 Å². The van der Waals surface area contributed by atoms with Gasteiger partial charge in [-0.25, -0.2) is 14.4 Å². The zero-order valence-corrected chi connectivity index (χ0v) is 13.9. The third-order valence-corrected chi connectivity index (χ3v) is 3.91. The van der Waals surface area contributed by atoms with Gasteiger partial charge in [-0.1, -0.05) is 25.5 Å². The Balaban J connectivity index is 2.31. The third-order valence-electron chi connectivity index (χ3n) is 3.07. The van der Waals surface area contributed by atoms with E-state index in [0.717, 1.165) is 46.8 Å². The van der Waals surface area contributed by atoms with Gasteiger partial charge in [0.25, 0.3) is 0 Å². The molecule has 112 valence electrons. The van der Waals surface area contributed by atoms with E-state index in [-0.39, 0.29) is 5.82 Å². The molecular weight excluding hydrogens is 333 g/mol. The lowest BCUT2D eigenvalue weighted by atomic mass is 10.1. The fourth-order valence-corrected chi connectivity index (χ4v) is 2.61. The van der Waals surface area contributed by atoms with Crippen LogP contribution < -0.4 is 5.32 Å². The lowest BCUT2D eigenvalue weighted by molar-refractivity contribution is 0.627. The van der Waals surface area contributed by atoms with E-state index < -0.39 is 0 Å². The zero-order chi connectivity index (χ0) is 15.2. The molecule has 2 aromatic rings. The van der Waals surface area contributed by atoms with Crippen LogP contribution in [0.4, 0.5) is 10.2 Å². The van der Waals surface area contributed by atoms with Gasteiger partial charge < -0.3 is 5.32 Å². The summed E-state index contributed by atoms with van der Waals surface area (Å²) in [7, 11) is 0. The molecule has 0 aliphatic carbocycles. The predicted octanol–water partition coefficient (Wildman–Crippen LogP) is 4.35. The summed E-state index contributed by atoms with van der Waals surface area (Å²) in [5.74, 6) is 1.35. The van der Waals surface area contributed by atoms with Gasteiger partial charge in [-0.3, -0.25) is 0 Å². The van der Waals surface area contributed by atoms with Gasteiger partial charge in [0.15, 0.2) is 0 Å². The molecule has 0 aliphatic rings. The number of aromatic nitrogens is 2. The van der Waals surface area contributed by atoms with Crippen molar-refractivity contribution in [1.82, 2.24) is 9.97 Å². The summed E-state index contributed by atoms with van der Waals surface area (Å²) in [4.78, 5) is 9.19. The van der Waals surface area contributed by atoms with Gasteiger partial charge in [-0.15, -0.1) is 0 Å². The van der Waals surface area contributed by atoms with Crippen molar-refractivity contribution in [3.8, 4) is 0 Å². The highest BCUT2D eigenvalue weighted by molar-refractivity contribution is 9.10. The molecule has 0 amide bonds. The molecular formula is C16H19BrFN3. The predicted molar refractivity (Wildman–Crippen MR) is 87.1 cm³/mol. The molecule has 1 N–H and O–H groups in total. The quantitative estimate of drug-likeness (QED) is 0.840. The summed E-state index contributed by atoms with van der Waals surface area (Å²) in [6.07, 6.45) is 2.53. The first-order valence-electron chi connectivity index (χ1n) is 7.17. The van der Waals surface area contributed by atoms with Crippen LogP contribution >= 0.6 is 15.9 Å². The van der Waals surface area contributed by atoms with Crippen LogP contribution in [-0.2, 0) is 12.8 Å². The normalized spacial score (nSPS) is 10.7. The minimum atomic E-state index is -0.226. The number of nitrogens with zero attached hydrogens (tertiary/aromatic N) is 2. The SMILES string of the molecule is CCCc1nc(Cc2ccc(F)cc2)nc(NCC)c1Br. The van der Waals surface area contributed by atoms with E-state index in [4.69, 9.17) is 0 Å². The van der Waals surface area contributed by atoms with Crippen molar-refractivity contribution >= 4 is 21.7 Å². The van der Waals surface area contributed by atoms with Crippen LogP contribution in [0.3, 0.4) is 0 Å². The molecule has 0 spiro atoms. The summed E-state index contributed by atoms with van der Waals surface area (Å²) < 4.78 is 13.9. The molecule has 1 aromatic carbocycles. The van der Waals surface area contributed by atoms with Crippen molar-refractivity contribution in [3.05, 3.63) is 51.6 Å². The van der Waals surface area contributed by atoms with Crippen LogP contribution in [0.25, 0.3) is 0 Å². The molecule has 2 rings (SSSR count). The topological polar surface area (TPSA) is 37.8 Å². The Hall–Kier alpha value is -1.49. The van der Waals surface area contributed by atoms with Crippen molar-refractivity contribution in [2.24, 2.45) is 0 Å². The molecule has 1 aromatic heterocycles. The van der Waals surface area contributed by atoms with Crippen LogP contribution in [0.1, 0.15) is 37.4 Å². The number of aryl methyl sites for hydroxylation is 1. The Kier molecular flexibility index (Phi) is 5.67. The van der Waals surface area contributed by atoms with Crippen LogP contribution in [-0.4, -0.2) is 16.5 Å². The first-order valence-corrected chi connectivity index (χ1v) is 7.97. The van der Waals surface area contributed by atoms with Gasteiger partial charge in [0, 0.05) is 13.0 Å². The number of hydrogen-bond donors (Lipinski definition) is 1. The molecule has 0 atom stereocenters. The van der Waals surface area contributed by atoms with Gasteiger partial charge in [-0.05, 0) is 47.0 Å². The second-order valence-electron chi connectivity index (χ2n) is 4.83. The molecule has 5 heteroatoms. The average molecular weight is 352 g/mol. The van der Waals surface area contributed by atoms with E-state index in [1.54, 1.807) is 12.1 Å². The Labute approximate surface area is 133 Å². The van der Waals surface area contributed by atoms with Crippen LogP contribution in [0.15, 0.2) is 28.7 Å². The standard InChI is InChI=1S/C16H19BrFN3/c1-3-5-13-15(17)16(19-4-2)21-14(20-13)10-11-6-8-12(18)9-7-11/h6-9H,3-5,10H2,1-2H3,(H,19,20,21). The van der Waals surface area contributed by atoms with Gasteiger partial charge in [-0.2, -0.15) is 0 Å². The minimum absolute atomic E-state index is 0.226. The van der Waals surface area contributed by atoms with Crippen molar-refractivity contribution in [2.75, 3.05) is 11.9 Å². The first-order chi connectivity index (χ1) is 10.1. The van der Waals surface area contributed by atoms with Crippen molar-refractivity contribution < 1.29 is 4.39 Å². The molecule has 0 bridgehead atoms. The fourth-order valence-electron chi connectivity index (χ4n) is 2.10. The molecule has 0 unspecified atom stereocenters. The highest BCUT2D eigenvalue weighted by Crippen LogP contribution is 2.25. The largest absolute Gasteiger partial charge is 0.369 e. The van der Waals surface area contributed by atoms with E-state index >= 15 is 0 Å². The maximum absolute atomic E-state index is 13.0. The summed E-state index contributed by atoms with van der Waals surface area (Å²) >= 11 is 3.58. The zero-order valence-electron chi connectivity index (χ0n) is 12.3. The Bertz CT molecular complexity index is 572. The van der Waals surface area contributed by atoms with E-state index in [2.05, 4.69) is 38.1 Å². The fraction of sp³-hybridized carbons (Fsp3) is 0.375. The molecule has 0 radical (unpaired) electrons. The summed E-state index contributed by atoms with van der Waals surface area (Å²) in [5, 5.41) is 3.25. The van der Waals surface area contributed by atoms with Crippen molar-refractivity contribution in [3.63, 3.8) is 0 Å². The Morgan fingerprint density at radius 1 is 1.14 bits per heavy atom. The molecule has 21 heavy (non-hydrogen) atoms. The summed E-state index contributed by atoms with van der Waals surface area (Å²) in [5.41, 5.74) is 2.02. The number of hydrogen-bond acceptors (Lipinski definition) is 3. The van der Waals surface area contributed by atoms with Gasteiger partial charge in [0.2, 0.25) is 0 Å². The summed E-state index contributed by atoms with van der Waals surface area (Å²) in [6, 6.07) is 6.47. The lowest BCUT2D eigenvalue weighted by Gasteiger charge is -2.12. The van der Waals surface area contributed by atoms with Gasteiger partial charge in [0.05, 0.1) is 10.2 Å². The maximum Gasteiger partial charge on any atom is 0.144 e. The number of anilines is 1. The second-order valence-corrected chi connectivity index (χ2v) is 5.63. The maximum atomic E-state index is 13.0. The smallest absolute Gasteiger partial charge is 0.144 e. The van der Waals surface area contributed by atoms with Gasteiger partial charge >= 0.3 is 0 Å². The van der Waals surface area contributed by atoms with E-state index in [9.17, 15) is 4.39 Å². The first kappa shape index (κ1) is 15.9. The Morgan fingerprint density at radius 3 is 2.48 bits per heavy atom. The highest BCUT2D eigenvalue weighted by atomic mass is 79.9. The molecule has 0 saturated heterocycles. The van der Waals surface area contributed by atoms with E-state index in [1.807, 2.05) is 6.92 Å². The second kappa shape index (κ2) is 7.50. The number of halogens is 2. The van der Waals surface area contributed by atoms with Gasteiger partial charge in [0.1, 0.15) is 17.5 Å². The Morgan fingerprint density at radius 2 is 1.86 bits per heavy atom. The highest BCUT2D eigenvalue weighted by Gasteiger charge is 2.11. The average Bonchev–Trinajstić information content (AvgIpc) is 2.47. The molecule has 3 nitrogen and oxygen atoms in total. The number of benzene rings is 1. The van der Waals surface area contributed by atoms with E-state index in [1.165, 1.54) is 12.1 Å². The van der Waals surface area contributed by atoms with Crippen molar-refractivity contribution in [2.45, 2.75) is 33.1 Å². The lowest BCUT2D eigenvalue weighted by Crippen LogP contribution is -2.08. The minimum Gasteiger partial charge on any atom is -0.369 e. The number of nitrogens with one attached hydrogen (secondary N) is 1. The van der Waals surface area contributed by atoms with Crippen LogP contribution in [0.2, 0.25) is 0 Å². The summed E-state index contributed by atoms with van der Waals surface area (Å²) in [6.45, 7) is 4.96. The number of rotatable bonds is 6. The van der Waals surface area contributed by atoms with Crippen LogP contribution in [0, 0.1) is 5.82 Å². The third kappa shape index (κ3) is 4.24. The monoisotopic (exact) mass is 351 g/mol. The van der Waals surface area contributed by atoms with Crippen molar-refractivity contribution in [1.29, 1.82) is 0 Å². The molecule has 1 heterocycles. The molecule has 0 fully saturated rings. The van der Waals surface area contributed by atoms with E-state index in [0.29, 0.717) is 6.42 Å². The molecule has 0 saturated carbocycles. The molecule has 0 aliphatic heterocycles.